The van der Waals surface area contributed by atoms with Gasteiger partial charge in [-0.25, -0.2) is 0 Å². The van der Waals surface area contributed by atoms with E-state index in [9.17, 15) is 15.2 Å². The van der Waals surface area contributed by atoms with Crippen LogP contribution in [0.1, 0.15) is 25.3 Å². The smallest absolute Gasteiger partial charge is 0.249 e. The Hall–Kier alpha value is -2.72. The van der Waals surface area contributed by atoms with Crippen molar-refractivity contribution in [3.8, 4) is 6.07 Å². The Labute approximate surface area is 151 Å². The summed E-state index contributed by atoms with van der Waals surface area (Å²) in [6.45, 7) is 3.50. The molecule has 0 radical (unpaired) electrons. The molecule has 1 aliphatic heterocycles. The fraction of sp³-hybridized carbons (Fsp3) is 0.474. The maximum absolute atomic E-state index is 12.2. The van der Waals surface area contributed by atoms with E-state index in [1.165, 1.54) is 0 Å². The Kier molecular flexibility index (Phi) is 4.21. The van der Waals surface area contributed by atoms with E-state index in [4.69, 9.17) is 0 Å². The van der Waals surface area contributed by atoms with Gasteiger partial charge in [0.2, 0.25) is 5.91 Å². The fourth-order valence-corrected chi connectivity index (χ4v) is 3.63. The molecule has 26 heavy (non-hydrogen) atoms. The lowest BCUT2D eigenvalue weighted by molar-refractivity contribution is -0.131. The highest BCUT2D eigenvalue weighted by atomic mass is 16.3. The number of benzene rings is 1. The molecule has 2 heterocycles. The summed E-state index contributed by atoms with van der Waals surface area (Å²) in [7, 11) is 0. The fourth-order valence-electron chi connectivity index (χ4n) is 3.63. The molecule has 3 atom stereocenters. The van der Waals surface area contributed by atoms with Crippen molar-refractivity contribution >= 4 is 22.6 Å². The average molecular weight is 351 g/mol. The van der Waals surface area contributed by atoms with Crippen LogP contribution in [-0.4, -0.2) is 46.2 Å². The first-order chi connectivity index (χ1) is 12.6. The van der Waals surface area contributed by atoms with Gasteiger partial charge in [-0.2, -0.15) is 5.26 Å². The summed E-state index contributed by atoms with van der Waals surface area (Å²) in [6.07, 6.45) is 4.17. The molecule has 2 unspecified atom stereocenters. The second kappa shape index (κ2) is 6.54. The molecule has 0 spiro atoms. The molecule has 7 nitrogen and oxygen atoms in total. The lowest BCUT2D eigenvalue weighted by Crippen LogP contribution is -2.45. The molecule has 1 amide bonds. The Bertz CT molecular complexity index is 889. The van der Waals surface area contributed by atoms with Crippen molar-refractivity contribution in [1.82, 2.24) is 15.3 Å². The number of rotatable bonds is 4. The van der Waals surface area contributed by atoms with Crippen LogP contribution >= 0.6 is 0 Å². The van der Waals surface area contributed by atoms with Crippen molar-refractivity contribution in [1.29, 1.82) is 5.26 Å². The quantitative estimate of drug-likeness (QED) is 0.858. The highest BCUT2D eigenvalue weighted by Crippen LogP contribution is 2.33. The van der Waals surface area contributed by atoms with Gasteiger partial charge in [-0.1, -0.05) is 6.92 Å². The van der Waals surface area contributed by atoms with Crippen molar-refractivity contribution in [2.75, 3.05) is 18.0 Å². The lowest BCUT2D eigenvalue weighted by atomic mass is 10.1. The molecule has 2 fully saturated rings. The monoisotopic (exact) mass is 351 g/mol. The van der Waals surface area contributed by atoms with E-state index < -0.39 is 6.10 Å². The van der Waals surface area contributed by atoms with Gasteiger partial charge in [0.05, 0.1) is 17.3 Å². The molecule has 1 saturated heterocycles. The van der Waals surface area contributed by atoms with Gasteiger partial charge in [-0.15, -0.1) is 0 Å². The number of aliphatic hydroxyl groups is 1. The number of fused-ring (bicyclic) bond motifs is 1. The van der Waals surface area contributed by atoms with Crippen LogP contribution in [-0.2, 0) is 4.79 Å². The topological polar surface area (TPSA) is 102 Å². The van der Waals surface area contributed by atoms with E-state index in [1.807, 2.05) is 6.07 Å². The number of hydrogen-bond acceptors (Lipinski definition) is 6. The molecule has 1 aliphatic carbocycles. The Balaban J connectivity index is 1.55. The van der Waals surface area contributed by atoms with Crippen molar-refractivity contribution in [3.05, 3.63) is 30.1 Å². The van der Waals surface area contributed by atoms with Crippen molar-refractivity contribution in [2.24, 2.45) is 11.8 Å². The molecule has 2 aliphatic rings. The van der Waals surface area contributed by atoms with Crippen molar-refractivity contribution in [3.63, 3.8) is 0 Å². The second-order valence-electron chi connectivity index (χ2n) is 7.28. The van der Waals surface area contributed by atoms with Crippen molar-refractivity contribution in [2.45, 2.75) is 31.9 Å². The number of nitriles is 1. The molecule has 2 aromatic rings. The third-order valence-corrected chi connectivity index (χ3v) is 5.34. The van der Waals surface area contributed by atoms with Crippen LogP contribution in [0.3, 0.4) is 0 Å². The van der Waals surface area contributed by atoms with E-state index in [-0.39, 0.29) is 23.8 Å². The van der Waals surface area contributed by atoms with E-state index in [0.29, 0.717) is 23.1 Å². The number of aromatic nitrogens is 2. The predicted molar refractivity (Wildman–Crippen MR) is 96.3 cm³/mol. The number of aliphatic hydroxyl groups excluding tert-OH is 1. The van der Waals surface area contributed by atoms with Crippen molar-refractivity contribution < 1.29 is 9.90 Å². The number of anilines is 1. The van der Waals surface area contributed by atoms with Gasteiger partial charge in [0.15, 0.2) is 0 Å². The van der Waals surface area contributed by atoms with Crippen LogP contribution in [0.2, 0.25) is 0 Å². The van der Waals surface area contributed by atoms with E-state index in [2.05, 4.69) is 33.2 Å². The summed E-state index contributed by atoms with van der Waals surface area (Å²) in [5.41, 5.74) is 2.71. The summed E-state index contributed by atoms with van der Waals surface area (Å²) < 4.78 is 0. The molecule has 1 aromatic heterocycles. The van der Waals surface area contributed by atoms with E-state index in [0.717, 1.165) is 25.1 Å². The minimum absolute atomic E-state index is 0.0294. The zero-order valence-corrected chi connectivity index (χ0v) is 14.6. The maximum Gasteiger partial charge on any atom is 0.249 e. The standard InChI is InChI=1S/C19H21N5O2/c1-11-9-24(10-14(11)23-19(26)18(25)12-2-3-12)15-5-4-13(8-20)16-17(15)22-7-6-21-16/h4-7,11-12,14,18,25H,2-3,9-10H2,1H3,(H,23,26)/t11-,14?,18?/m1/s1. The first kappa shape index (κ1) is 16.7. The first-order valence-electron chi connectivity index (χ1n) is 8.95. The SMILES string of the molecule is C[C@@H]1CN(c2ccc(C#N)c3nccnc23)CC1NC(=O)C(O)C1CC1. The van der Waals surface area contributed by atoms with Gasteiger partial charge in [-0.05, 0) is 36.8 Å². The molecular weight excluding hydrogens is 330 g/mol. The third kappa shape index (κ3) is 2.97. The largest absolute Gasteiger partial charge is 0.383 e. The predicted octanol–water partition coefficient (Wildman–Crippen LogP) is 1.21. The van der Waals surface area contributed by atoms with Gasteiger partial charge < -0.3 is 15.3 Å². The highest BCUT2D eigenvalue weighted by Gasteiger charge is 2.38. The maximum atomic E-state index is 12.2. The molecule has 1 aromatic carbocycles. The third-order valence-electron chi connectivity index (χ3n) is 5.34. The number of carbonyl (C=O) groups excluding carboxylic acids is 1. The molecule has 0 bridgehead atoms. The molecular formula is C19H21N5O2. The van der Waals surface area contributed by atoms with E-state index in [1.54, 1.807) is 18.5 Å². The zero-order valence-electron chi connectivity index (χ0n) is 14.6. The van der Waals surface area contributed by atoms with Gasteiger partial charge in [0, 0.05) is 25.5 Å². The van der Waals surface area contributed by atoms with Crippen LogP contribution in [0.25, 0.3) is 11.0 Å². The molecule has 1 saturated carbocycles. The number of hydrogen-bond donors (Lipinski definition) is 2. The second-order valence-corrected chi connectivity index (χ2v) is 7.28. The summed E-state index contributed by atoms with van der Waals surface area (Å²) in [5.74, 6) is 0.101. The average Bonchev–Trinajstić information content (AvgIpc) is 3.44. The van der Waals surface area contributed by atoms with Crippen LogP contribution < -0.4 is 10.2 Å². The van der Waals surface area contributed by atoms with Crippen LogP contribution in [0.5, 0.6) is 0 Å². The Morgan fingerprint density at radius 2 is 2.04 bits per heavy atom. The minimum Gasteiger partial charge on any atom is -0.383 e. The van der Waals surface area contributed by atoms with Gasteiger partial charge in [0.1, 0.15) is 23.2 Å². The lowest BCUT2D eigenvalue weighted by Gasteiger charge is -2.21. The number of amides is 1. The summed E-state index contributed by atoms with van der Waals surface area (Å²) in [4.78, 5) is 23.1. The van der Waals surface area contributed by atoms with Gasteiger partial charge in [0.25, 0.3) is 0 Å². The Morgan fingerprint density at radius 1 is 1.31 bits per heavy atom. The van der Waals surface area contributed by atoms with Crippen LogP contribution in [0.15, 0.2) is 24.5 Å². The normalized spacial score (nSPS) is 23.7. The minimum atomic E-state index is -0.891. The molecule has 4 rings (SSSR count). The van der Waals surface area contributed by atoms with Crippen LogP contribution in [0.4, 0.5) is 5.69 Å². The summed E-state index contributed by atoms with van der Waals surface area (Å²) in [6, 6.07) is 5.78. The first-order valence-corrected chi connectivity index (χ1v) is 8.95. The number of nitrogens with zero attached hydrogens (tertiary/aromatic N) is 4. The molecule has 134 valence electrons. The van der Waals surface area contributed by atoms with Gasteiger partial charge in [-0.3, -0.25) is 14.8 Å². The number of carbonyl (C=O) groups is 1. The zero-order chi connectivity index (χ0) is 18.3. The number of nitrogens with one attached hydrogen (secondary N) is 1. The molecule has 2 N–H and O–H groups in total. The summed E-state index contributed by atoms with van der Waals surface area (Å²) >= 11 is 0. The highest BCUT2D eigenvalue weighted by molar-refractivity contribution is 5.92. The molecule has 7 heteroatoms. The van der Waals surface area contributed by atoms with E-state index >= 15 is 0 Å². The Morgan fingerprint density at radius 3 is 2.73 bits per heavy atom. The van der Waals surface area contributed by atoms with Crippen LogP contribution in [0, 0.1) is 23.2 Å². The van der Waals surface area contributed by atoms with Gasteiger partial charge >= 0.3 is 0 Å². The summed E-state index contributed by atoms with van der Waals surface area (Å²) in [5, 5.41) is 22.3.